The maximum atomic E-state index is 14.1. The second-order valence-corrected chi connectivity index (χ2v) is 12.5. The molecule has 0 bridgehead atoms. The highest BCUT2D eigenvalue weighted by atomic mass is 19.4. The van der Waals surface area contributed by atoms with Crippen molar-refractivity contribution >= 4 is 11.7 Å². The van der Waals surface area contributed by atoms with Crippen LogP contribution in [0.2, 0.25) is 0 Å². The number of aliphatic imine (C=N–C) groups is 1. The second kappa shape index (κ2) is 14.7. The van der Waals surface area contributed by atoms with Crippen LogP contribution in [0, 0.1) is 5.92 Å². The molecule has 0 aliphatic carbocycles. The molecule has 4 heterocycles. The molecule has 4 aliphatic heterocycles. The maximum absolute atomic E-state index is 14.1. The summed E-state index contributed by atoms with van der Waals surface area (Å²) in [6.07, 6.45) is 0.0797. The van der Waals surface area contributed by atoms with Gasteiger partial charge in [0, 0.05) is 82.4 Å². The van der Waals surface area contributed by atoms with Crippen LogP contribution in [0.15, 0.2) is 46.7 Å². The van der Waals surface area contributed by atoms with Crippen LogP contribution in [-0.4, -0.2) is 92.9 Å². The van der Waals surface area contributed by atoms with E-state index < -0.39 is 11.7 Å². The van der Waals surface area contributed by atoms with Gasteiger partial charge in [0.2, 0.25) is 0 Å². The molecule has 12 heteroatoms. The summed E-state index contributed by atoms with van der Waals surface area (Å²) in [5.41, 5.74) is 8.73. The molecular formula is C33H46F3N5O4. The van der Waals surface area contributed by atoms with Gasteiger partial charge in [0.1, 0.15) is 11.5 Å². The van der Waals surface area contributed by atoms with E-state index in [1.807, 2.05) is 16.7 Å². The van der Waals surface area contributed by atoms with Crippen molar-refractivity contribution in [2.24, 2.45) is 16.6 Å². The molecule has 5 rings (SSSR count). The van der Waals surface area contributed by atoms with E-state index in [9.17, 15) is 18.0 Å². The van der Waals surface area contributed by atoms with Crippen molar-refractivity contribution in [2.75, 3.05) is 53.2 Å². The number of ether oxygens (including phenoxy) is 3. The van der Waals surface area contributed by atoms with Crippen molar-refractivity contribution in [2.45, 2.75) is 76.4 Å². The Balaban J connectivity index is 1.34. The van der Waals surface area contributed by atoms with E-state index in [1.165, 1.54) is 6.07 Å². The summed E-state index contributed by atoms with van der Waals surface area (Å²) in [7, 11) is 1.70. The van der Waals surface area contributed by atoms with Crippen molar-refractivity contribution in [3.8, 4) is 0 Å². The van der Waals surface area contributed by atoms with Crippen molar-refractivity contribution in [1.82, 2.24) is 15.1 Å². The number of benzene rings is 1. The number of piperidine rings is 1. The van der Waals surface area contributed by atoms with Crippen LogP contribution < -0.4 is 11.1 Å². The largest absolute Gasteiger partial charge is 0.416 e. The summed E-state index contributed by atoms with van der Waals surface area (Å²) in [5, 5.41) is 3.72. The smallest absolute Gasteiger partial charge is 0.387 e. The SMILES string of the molecule is C=C(/C(C)=C(\N=C(N)C1CCOCC1)C(=O)N1CCC(N[C@@H]2CCOC[C@@H]2OC)CC1)N1CCc2ccc(C(F)(F)F)cc2C1. The van der Waals surface area contributed by atoms with Gasteiger partial charge in [-0.25, -0.2) is 4.99 Å². The van der Waals surface area contributed by atoms with Crippen LogP contribution in [0.1, 0.15) is 55.7 Å². The van der Waals surface area contributed by atoms with Crippen LogP contribution in [0.5, 0.6) is 0 Å². The fraction of sp³-hybridized carbons (Fsp3) is 0.636. The zero-order valence-electron chi connectivity index (χ0n) is 26.3. The summed E-state index contributed by atoms with van der Waals surface area (Å²) in [4.78, 5) is 22.6. The molecule has 45 heavy (non-hydrogen) atoms. The Labute approximate surface area is 263 Å². The minimum Gasteiger partial charge on any atom is -0.387 e. The van der Waals surface area contributed by atoms with Gasteiger partial charge >= 0.3 is 6.18 Å². The van der Waals surface area contributed by atoms with Gasteiger partial charge < -0.3 is 35.1 Å². The highest BCUT2D eigenvalue weighted by molar-refractivity contribution is 5.98. The standard InChI is InChI=1S/C33H46F3N5O4/c1-21(22(2)41-12-6-23-4-5-26(33(34,35)36)18-25(23)19-41)30(39-31(37)24-9-15-44-16-10-24)32(42)40-13-7-27(8-14-40)38-28-11-17-45-20-29(28)43-3/h4-5,18,24,27-29,38H,2,6-17,19-20H2,1,3H3,(H2,37,39)/b30-21-/t28-,29+/m1/s1. The summed E-state index contributed by atoms with van der Waals surface area (Å²) < 4.78 is 57.0. The number of halogens is 3. The lowest BCUT2D eigenvalue weighted by molar-refractivity contribution is -0.137. The molecule has 1 aromatic carbocycles. The molecule has 0 spiro atoms. The summed E-state index contributed by atoms with van der Waals surface area (Å²) in [6.45, 7) is 10.5. The normalized spacial score (nSPS) is 24.7. The zero-order chi connectivity index (χ0) is 32.1. The first-order valence-corrected chi connectivity index (χ1v) is 16.0. The first-order chi connectivity index (χ1) is 21.5. The Morgan fingerprint density at radius 1 is 1.04 bits per heavy atom. The number of methoxy groups -OCH3 is 1. The lowest BCUT2D eigenvalue weighted by atomic mass is 9.96. The fourth-order valence-electron chi connectivity index (χ4n) is 6.68. The number of carbonyl (C=O) groups is 1. The fourth-order valence-corrected chi connectivity index (χ4v) is 6.68. The Bertz CT molecular complexity index is 1290. The number of nitrogens with one attached hydrogen (secondary N) is 1. The third-order valence-electron chi connectivity index (χ3n) is 9.64. The van der Waals surface area contributed by atoms with Crippen LogP contribution >= 0.6 is 0 Å². The quantitative estimate of drug-likeness (QED) is 0.193. The van der Waals surface area contributed by atoms with Crippen LogP contribution in [0.4, 0.5) is 13.2 Å². The number of amidine groups is 1. The van der Waals surface area contributed by atoms with E-state index in [0.29, 0.717) is 75.2 Å². The number of fused-ring (bicyclic) bond motifs is 1. The topological polar surface area (TPSA) is 102 Å². The first kappa shape index (κ1) is 33.4. The molecule has 4 aliphatic rings. The van der Waals surface area contributed by atoms with Gasteiger partial charge in [0.25, 0.3) is 5.91 Å². The number of nitrogens with two attached hydrogens (primary N) is 1. The van der Waals surface area contributed by atoms with Gasteiger partial charge in [-0.05, 0) is 68.7 Å². The maximum Gasteiger partial charge on any atom is 0.416 e. The Morgan fingerprint density at radius 3 is 2.44 bits per heavy atom. The lowest BCUT2D eigenvalue weighted by Crippen LogP contribution is -2.54. The minimum atomic E-state index is -4.42. The Morgan fingerprint density at radius 2 is 1.76 bits per heavy atom. The van der Waals surface area contributed by atoms with Gasteiger partial charge in [0.15, 0.2) is 0 Å². The zero-order valence-corrected chi connectivity index (χ0v) is 26.3. The van der Waals surface area contributed by atoms with E-state index in [4.69, 9.17) is 24.9 Å². The molecule has 1 aromatic rings. The number of nitrogens with zero attached hydrogens (tertiary/aromatic N) is 3. The van der Waals surface area contributed by atoms with E-state index in [-0.39, 0.29) is 42.3 Å². The average Bonchev–Trinajstić information content (AvgIpc) is 3.06. The van der Waals surface area contributed by atoms with E-state index in [1.54, 1.807) is 13.2 Å². The number of amides is 1. The lowest BCUT2D eigenvalue weighted by Gasteiger charge is -2.38. The molecule has 3 saturated heterocycles. The van der Waals surface area contributed by atoms with Crippen molar-refractivity contribution < 1.29 is 32.2 Å². The number of alkyl halides is 3. The molecule has 3 fully saturated rings. The molecule has 9 nitrogen and oxygen atoms in total. The second-order valence-electron chi connectivity index (χ2n) is 12.5. The van der Waals surface area contributed by atoms with Crippen molar-refractivity contribution in [3.63, 3.8) is 0 Å². The highest BCUT2D eigenvalue weighted by Crippen LogP contribution is 2.34. The average molecular weight is 634 g/mol. The third kappa shape index (κ3) is 8.08. The van der Waals surface area contributed by atoms with Gasteiger partial charge in [-0.1, -0.05) is 12.6 Å². The number of carbonyl (C=O) groups excluding carboxylic acids is 1. The number of hydrogen-bond donors (Lipinski definition) is 2. The molecule has 1 amide bonds. The summed E-state index contributed by atoms with van der Waals surface area (Å²) in [5.74, 6) is 0.197. The van der Waals surface area contributed by atoms with Crippen LogP contribution in [0.3, 0.4) is 0 Å². The van der Waals surface area contributed by atoms with Gasteiger partial charge in [-0.15, -0.1) is 0 Å². The van der Waals surface area contributed by atoms with Crippen molar-refractivity contribution in [1.29, 1.82) is 0 Å². The third-order valence-corrected chi connectivity index (χ3v) is 9.64. The van der Waals surface area contributed by atoms with Crippen LogP contribution in [-0.2, 0) is 38.1 Å². The monoisotopic (exact) mass is 633 g/mol. The van der Waals surface area contributed by atoms with Gasteiger partial charge in [-0.2, -0.15) is 13.2 Å². The predicted molar refractivity (Wildman–Crippen MR) is 165 cm³/mol. The predicted octanol–water partition coefficient (Wildman–Crippen LogP) is 4.02. The summed E-state index contributed by atoms with van der Waals surface area (Å²) in [6, 6.07) is 4.38. The number of rotatable bonds is 8. The van der Waals surface area contributed by atoms with Crippen molar-refractivity contribution in [3.05, 3.63) is 58.4 Å². The minimum absolute atomic E-state index is 0.00547. The van der Waals surface area contributed by atoms with E-state index >= 15 is 0 Å². The molecular weight excluding hydrogens is 587 g/mol. The summed E-state index contributed by atoms with van der Waals surface area (Å²) >= 11 is 0. The van der Waals surface area contributed by atoms with Crippen LogP contribution in [0.25, 0.3) is 0 Å². The Kier molecular flexibility index (Phi) is 10.9. The molecule has 0 aromatic heterocycles. The molecule has 3 N–H and O–H groups in total. The molecule has 0 radical (unpaired) electrons. The molecule has 2 atom stereocenters. The van der Waals surface area contributed by atoms with E-state index in [0.717, 1.165) is 43.7 Å². The highest BCUT2D eigenvalue weighted by Gasteiger charge is 2.34. The van der Waals surface area contributed by atoms with E-state index in [2.05, 4.69) is 11.9 Å². The number of likely N-dealkylation sites (tertiary alicyclic amines) is 1. The first-order valence-electron chi connectivity index (χ1n) is 16.0. The molecule has 0 saturated carbocycles. The molecule has 248 valence electrons. The number of hydrogen-bond acceptors (Lipinski definition) is 7. The number of allylic oxidation sites excluding steroid dienone is 1. The van der Waals surface area contributed by atoms with Gasteiger partial charge in [-0.3, -0.25) is 4.79 Å². The molecule has 0 unspecified atom stereocenters. The van der Waals surface area contributed by atoms with Gasteiger partial charge in [0.05, 0.1) is 18.3 Å². The Hall–Kier alpha value is -2.93.